The van der Waals surface area contributed by atoms with Gasteiger partial charge < -0.3 is 19.5 Å². The number of furan rings is 1. The minimum Gasteiger partial charge on any atom is -0.459 e. The molecular formula is C32H32BrClN4OS. The molecular weight excluding hydrogens is 604 g/mol. The van der Waals surface area contributed by atoms with Crippen LogP contribution in [-0.4, -0.2) is 23.2 Å². The molecule has 2 aliphatic rings. The van der Waals surface area contributed by atoms with Crippen molar-refractivity contribution in [1.82, 2.24) is 10.3 Å². The zero-order chi connectivity index (χ0) is 28.0. The van der Waals surface area contributed by atoms with Crippen LogP contribution < -0.4 is 15.1 Å². The molecule has 40 heavy (non-hydrogen) atoms. The fourth-order valence-corrected chi connectivity index (χ4v) is 7.49. The van der Waals surface area contributed by atoms with Crippen molar-refractivity contribution in [2.45, 2.75) is 39.3 Å². The van der Waals surface area contributed by atoms with Crippen molar-refractivity contribution in [2.24, 2.45) is 11.8 Å². The lowest BCUT2D eigenvalue weighted by Crippen LogP contribution is -2.38. The van der Waals surface area contributed by atoms with Gasteiger partial charge >= 0.3 is 0 Å². The second kappa shape index (κ2) is 11.2. The first-order valence-electron chi connectivity index (χ1n) is 13.7. The summed E-state index contributed by atoms with van der Waals surface area (Å²) < 4.78 is 7.55. The van der Waals surface area contributed by atoms with Crippen molar-refractivity contribution in [3.8, 4) is 11.3 Å². The van der Waals surface area contributed by atoms with Crippen LogP contribution in [0.15, 0.2) is 81.8 Å². The number of piperidine rings is 1. The first kappa shape index (κ1) is 27.3. The van der Waals surface area contributed by atoms with Crippen LogP contribution in [0.25, 0.3) is 11.3 Å². The summed E-state index contributed by atoms with van der Waals surface area (Å²) >= 11 is 16.6. The molecule has 4 atom stereocenters. The minimum absolute atomic E-state index is 0.198. The van der Waals surface area contributed by atoms with Gasteiger partial charge in [-0.05, 0) is 97.6 Å². The summed E-state index contributed by atoms with van der Waals surface area (Å²) in [6.07, 6.45) is 3.06. The standard InChI is InChI=1S/C32H32BrClN4OS/c1-19-7-9-23(24(33)15-19)28-11-12-29(39-28)31-30(26-6-4-5-13-35-26)36-32(40)38(31)22-8-10-27(25(34)16-22)37-17-20(2)14-21(3)18-37/h4-13,15-16,20-21,30-31H,14,17-18H2,1-3H3,(H,36,40)/t20-,21-,30+,31-/m1/s1. The summed E-state index contributed by atoms with van der Waals surface area (Å²) in [5.74, 6) is 2.87. The summed E-state index contributed by atoms with van der Waals surface area (Å²) in [5.41, 5.74) is 5.07. The van der Waals surface area contributed by atoms with E-state index in [9.17, 15) is 0 Å². The highest BCUT2D eigenvalue weighted by molar-refractivity contribution is 9.10. The first-order chi connectivity index (χ1) is 19.3. The molecule has 0 radical (unpaired) electrons. The fourth-order valence-electron chi connectivity index (χ4n) is 6.16. The van der Waals surface area contributed by atoms with Crippen molar-refractivity contribution in [2.75, 3.05) is 22.9 Å². The van der Waals surface area contributed by atoms with Crippen LogP contribution in [0, 0.1) is 18.8 Å². The molecule has 0 unspecified atom stereocenters. The van der Waals surface area contributed by atoms with Crippen molar-refractivity contribution < 1.29 is 4.42 Å². The molecule has 2 fully saturated rings. The van der Waals surface area contributed by atoms with Gasteiger partial charge in [-0.25, -0.2) is 0 Å². The Bertz CT molecular complexity index is 1530. The zero-order valence-electron chi connectivity index (χ0n) is 22.8. The van der Waals surface area contributed by atoms with Crippen molar-refractivity contribution in [3.05, 3.63) is 99.4 Å². The summed E-state index contributed by atoms with van der Waals surface area (Å²) in [6, 6.07) is 22.1. The number of rotatable bonds is 5. The van der Waals surface area contributed by atoms with Crippen LogP contribution in [-0.2, 0) is 0 Å². The molecule has 2 aromatic carbocycles. The number of hydrogen-bond acceptors (Lipinski definition) is 4. The van der Waals surface area contributed by atoms with Crippen LogP contribution in [0.1, 0.15) is 49.4 Å². The van der Waals surface area contributed by atoms with Gasteiger partial charge in [0.25, 0.3) is 0 Å². The third-order valence-electron chi connectivity index (χ3n) is 7.83. The van der Waals surface area contributed by atoms with Crippen molar-refractivity contribution >= 4 is 56.2 Å². The molecule has 0 saturated carbocycles. The number of hydrogen-bond donors (Lipinski definition) is 1. The maximum atomic E-state index is 6.97. The third kappa shape index (κ3) is 5.27. The molecule has 4 aromatic rings. The molecule has 4 heterocycles. The van der Waals surface area contributed by atoms with Gasteiger partial charge in [0.05, 0.1) is 22.4 Å². The van der Waals surface area contributed by atoms with E-state index < -0.39 is 0 Å². The molecule has 2 saturated heterocycles. The molecule has 0 amide bonds. The highest BCUT2D eigenvalue weighted by atomic mass is 79.9. The normalized spacial score (nSPS) is 23.0. The zero-order valence-corrected chi connectivity index (χ0v) is 25.9. The summed E-state index contributed by atoms with van der Waals surface area (Å²) in [6.45, 7) is 8.73. The Hall–Kier alpha value is -2.87. The molecule has 5 nitrogen and oxygen atoms in total. The van der Waals surface area contributed by atoms with E-state index >= 15 is 0 Å². The summed E-state index contributed by atoms with van der Waals surface area (Å²) in [7, 11) is 0. The molecule has 6 rings (SSSR count). The van der Waals surface area contributed by atoms with Gasteiger partial charge in [-0.2, -0.15) is 0 Å². The first-order valence-corrected chi connectivity index (χ1v) is 15.3. The number of benzene rings is 2. The average Bonchev–Trinajstić information content (AvgIpc) is 3.53. The monoisotopic (exact) mass is 634 g/mol. The van der Waals surface area contributed by atoms with Crippen molar-refractivity contribution in [3.63, 3.8) is 0 Å². The molecule has 0 spiro atoms. The number of anilines is 2. The van der Waals surface area contributed by atoms with E-state index in [-0.39, 0.29) is 12.1 Å². The van der Waals surface area contributed by atoms with Crippen LogP contribution in [0.5, 0.6) is 0 Å². The van der Waals surface area contributed by atoms with Gasteiger partial charge in [0.2, 0.25) is 0 Å². The highest BCUT2D eigenvalue weighted by Gasteiger charge is 2.43. The summed E-state index contributed by atoms with van der Waals surface area (Å²) in [4.78, 5) is 9.19. The number of aromatic nitrogens is 1. The number of thiocarbonyl (C=S) groups is 1. The Balaban J connectivity index is 1.39. The van der Waals surface area contributed by atoms with E-state index in [1.807, 2.05) is 42.6 Å². The van der Waals surface area contributed by atoms with E-state index in [4.69, 9.17) is 28.2 Å². The van der Waals surface area contributed by atoms with Crippen LogP contribution in [0.4, 0.5) is 11.4 Å². The number of nitrogens with zero attached hydrogens (tertiary/aromatic N) is 3. The average molecular weight is 636 g/mol. The number of aryl methyl sites for hydroxylation is 1. The smallest absolute Gasteiger partial charge is 0.174 e. The maximum absolute atomic E-state index is 6.97. The number of halogens is 2. The quantitative estimate of drug-likeness (QED) is 0.221. The fraction of sp³-hybridized carbons (Fsp3) is 0.312. The predicted octanol–water partition coefficient (Wildman–Crippen LogP) is 8.73. The van der Waals surface area contributed by atoms with E-state index in [0.717, 1.165) is 56.7 Å². The Kier molecular flexibility index (Phi) is 7.64. The third-order valence-corrected chi connectivity index (χ3v) is 9.10. The SMILES string of the molecule is Cc1ccc(-c2ccc([C@@H]3[C@H](c4ccccn4)NC(=S)N3c3ccc(N4C[C@H](C)C[C@@H](C)C4)c(Cl)c3)o2)c(Br)c1. The lowest BCUT2D eigenvalue weighted by Gasteiger charge is -2.37. The molecule has 0 bridgehead atoms. The van der Waals surface area contributed by atoms with Crippen LogP contribution in [0.3, 0.4) is 0 Å². The number of nitrogens with one attached hydrogen (secondary N) is 1. The maximum Gasteiger partial charge on any atom is 0.174 e. The Morgan fingerprint density at radius 2 is 1.82 bits per heavy atom. The lowest BCUT2D eigenvalue weighted by molar-refractivity contribution is 0.357. The molecule has 2 aliphatic heterocycles. The molecule has 0 aliphatic carbocycles. The number of pyridine rings is 1. The molecule has 206 valence electrons. The largest absolute Gasteiger partial charge is 0.459 e. The minimum atomic E-state index is -0.252. The highest BCUT2D eigenvalue weighted by Crippen LogP contribution is 2.45. The summed E-state index contributed by atoms with van der Waals surface area (Å²) in [5, 5.41) is 4.85. The van der Waals surface area contributed by atoms with Crippen LogP contribution >= 0.6 is 39.7 Å². The van der Waals surface area contributed by atoms with Gasteiger partial charge in [0.1, 0.15) is 17.6 Å². The van der Waals surface area contributed by atoms with E-state index in [0.29, 0.717) is 16.9 Å². The Labute approximate surface area is 254 Å². The lowest BCUT2D eigenvalue weighted by atomic mass is 9.91. The Morgan fingerprint density at radius 3 is 2.52 bits per heavy atom. The molecule has 1 N–H and O–H groups in total. The van der Waals surface area contributed by atoms with Gasteiger partial charge in [-0.15, -0.1) is 0 Å². The van der Waals surface area contributed by atoms with Crippen molar-refractivity contribution in [1.29, 1.82) is 0 Å². The van der Waals surface area contributed by atoms with E-state index in [1.165, 1.54) is 12.0 Å². The second-order valence-electron chi connectivity index (χ2n) is 11.2. The van der Waals surface area contributed by atoms with Gasteiger partial charge in [-0.1, -0.05) is 53.5 Å². The Morgan fingerprint density at radius 1 is 1.02 bits per heavy atom. The molecule has 8 heteroatoms. The second-order valence-corrected chi connectivity index (χ2v) is 12.8. The van der Waals surface area contributed by atoms with Crippen LogP contribution in [0.2, 0.25) is 5.02 Å². The van der Waals surface area contributed by atoms with E-state index in [2.05, 4.69) is 87.1 Å². The van der Waals surface area contributed by atoms with E-state index in [1.54, 1.807) is 0 Å². The molecule has 2 aromatic heterocycles. The van der Waals surface area contributed by atoms with Gasteiger partial charge in [-0.3, -0.25) is 4.98 Å². The topological polar surface area (TPSA) is 44.5 Å². The van der Waals surface area contributed by atoms with Gasteiger partial charge in [0.15, 0.2) is 5.11 Å². The predicted molar refractivity (Wildman–Crippen MR) is 171 cm³/mol. The van der Waals surface area contributed by atoms with Gasteiger partial charge in [0, 0.05) is 35.0 Å².